The molecule has 2 aliphatic rings. The Kier molecular flexibility index (Phi) is 7.13. The minimum atomic E-state index is -4.09. The van der Waals surface area contributed by atoms with E-state index in [0.29, 0.717) is 41.0 Å². The van der Waals surface area contributed by atoms with Crippen molar-refractivity contribution in [1.29, 1.82) is 0 Å². The van der Waals surface area contributed by atoms with Crippen LogP contribution in [0, 0.1) is 19.8 Å². The molecule has 2 saturated carbocycles. The fourth-order valence-electron chi connectivity index (χ4n) is 6.10. The van der Waals surface area contributed by atoms with Gasteiger partial charge in [0.2, 0.25) is 0 Å². The van der Waals surface area contributed by atoms with Gasteiger partial charge in [-0.15, -0.1) is 0 Å². The molecule has 0 aliphatic heterocycles. The van der Waals surface area contributed by atoms with Gasteiger partial charge in [-0.3, -0.25) is 4.79 Å². The van der Waals surface area contributed by atoms with Crippen molar-refractivity contribution >= 4 is 36.5 Å². The SMILES string of the molecule is Cc1ccc(S(=O)(=O)n2c(C)cc3c(-c4cc(S(=O)(=O)C5CC5)ccc4N[C@H]4CC[C@H](C)CC4)cn(C)c(=O)c32)cc1. The summed E-state index contributed by atoms with van der Waals surface area (Å²) in [7, 11) is -5.98. The first-order chi connectivity index (χ1) is 19.9. The largest absolute Gasteiger partial charge is 0.382 e. The zero-order chi connectivity index (χ0) is 30.0. The lowest BCUT2D eigenvalue weighted by Gasteiger charge is -2.29. The van der Waals surface area contributed by atoms with Gasteiger partial charge in [0.25, 0.3) is 15.6 Å². The fraction of sp³-hybridized carbons (Fsp3) is 0.406. The van der Waals surface area contributed by atoms with Gasteiger partial charge < -0.3 is 9.88 Å². The maximum Gasteiger partial charge on any atom is 0.275 e. The minimum Gasteiger partial charge on any atom is -0.382 e. The predicted molar refractivity (Wildman–Crippen MR) is 166 cm³/mol. The highest BCUT2D eigenvalue weighted by Gasteiger charge is 2.37. The van der Waals surface area contributed by atoms with Crippen molar-refractivity contribution in [2.45, 2.75) is 80.4 Å². The first-order valence-electron chi connectivity index (χ1n) is 14.6. The third kappa shape index (κ3) is 4.98. The predicted octanol–water partition coefficient (Wildman–Crippen LogP) is 5.79. The van der Waals surface area contributed by atoms with Crippen LogP contribution in [-0.4, -0.2) is 36.7 Å². The Morgan fingerprint density at radius 2 is 1.45 bits per heavy atom. The van der Waals surface area contributed by atoms with E-state index in [9.17, 15) is 21.6 Å². The Bertz CT molecular complexity index is 1960. The van der Waals surface area contributed by atoms with Crippen LogP contribution in [0.2, 0.25) is 0 Å². The lowest BCUT2D eigenvalue weighted by atomic mass is 9.87. The van der Waals surface area contributed by atoms with Gasteiger partial charge in [-0.1, -0.05) is 24.6 Å². The Balaban J connectivity index is 1.58. The van der Waals surface area contributed by atoms with Crippen LogP contribution in [-0.2, 0) is 26.9 Å². The second-order valence-corrected chi connectivity index (χ2v) is 16.2. The van der Waals surface area contributed by atoms with Crippen LogP contribution in [0.3, 0.4) is 0 Å². The van der Waals surface area contributed by atoms with Crippen molar-refractivity contribution < 1.29 is 16.8 Å². The van der Waals surface area contributed by atoms with Crippen LogP contribution >= 0.6 is 0 Å². The van der Waals surface area contributed by atoms with E-state index in [-0.39, 0.29) is 26.6 Å². The van der Waals surface area contributed by atoms with Gasteiger partial charge in [0.05, 0.1) is 15.0 Å². The molecule has 2 aromatic carbocycles. The number of aryl methyl sites for hydroxylation is 3. The molecular formula is C32H37N3O5S2. The molecule has 2 aromatic heterocycles. The molecule has 2 heterocycles. The van der Waals surface area contributed by atoms with Crippen LogP contribution in [0.25, 0.3) is 22.0 Å². The summed E-state index contributed by atoms with van der Waals surface area (Å²) in [5.74, 6) is 0.676. The monoisotopic (exact) mass is 607 g/mol. The summed E-state index contributed by atoms with van der Waals surface area (Å²) in [6.45, 7) is 5.81. The molecule has 6 rings (SSSR count). The van der Waals surface area contributed by atoms with Crippen LogP contribution in [0.15, 0.2) is 69.3 Å². The maximum absolute atomic E-state index is 13.9. The van der Waals surface area contributed by atoms with Crippen LogP contribution in [0.4, 0.5) is 5.69 Å². The van der Waals surface area contributed by atoms with Crippen molar-refractivity contribution in [3.05, 3.63) is 76.3 Å². The fourth-order valence-corrected chi connectivity index (χ4v) is 9.32. The molecule has 0 saturated heterocycles. The average molecular weight is 608 g/mol. The average Bonchev–Trinajstić information content (AvgIpc) is 3.75. The molecule has 0 spiro atoms. The number of fused-ring (bicyclic) bond motifs is 1. The molecule has 4 aromatic rings. The number of nitrogens with one attached hydrogen (secondary N) is 1. The van der Waals surface area contributed by atoms with Crippen LogP contribution < -0.4 is 10.9 Å². The Labute approximate surface area is 247 Å². The van der Waals surface area contributed by atoms with Crippen molar-refractivity contribution in [3.63, 3.8) is 0 Å². The Morgan fingerprint density at radius 3 is 2.10 bits per heavy atom. The van der Waals surface area contributed by atoms with E-state index in [4.69, 9.17) is 0 Å². The number of pyridine rings is 1. The Morgan fingerprint density at radius 1 is 0.810 bits per heavy atom. The molecule has 0 atom stereocenters. The lowest BCUT2D eigenvalue weighted by Crippen LogP contribution is -2.26. The van der Waals surface area contributed by atoms with Crippen LogP contribution in [0.5, 0.6) is 0 Å². The van der Waals surface area contributed by atoms with E-state index in [1.54, 1.807) is 62.6 Å². The van der Waals surface area contributed by atoms with E-state index in [1.165, 1.54) is 4.57 Å². The first kappa shape index (κ1) is 28.7. The summed E-state index contributed by atoms with van der Waals surface area (Å²) in [4.78, 5) is 13.9. The van der Waals surface area contributed by atoms with Gasteiger partial charge in [0, 0.05) is 47.2 Å². The molecule has 0 radical (unpaired) electrons. The molecule has 2 fully saturated rings. The van der Waals surface area contributed by atoms with E-state index in [1.807, 2.05) is 13.0 Å². The molecule has 0 unspecified atom stereocenters. The molecule has 2 aliphatic carbocycles. The summed E-state index contributed by atoms with van der Waals surface area (Å²) in [6, 6.07) is 13.7. The molecular weight excluding hydrogens is 571 g/mol. The molecule has 0 bridgehead atoms. The van der Waals surface area contributed by atoms with E-state index in [2.05, 4.69) is 12.2 Å². The number of rotatable bonds is 7. The highest BCUT2D eigenvalue weighted by atomic mass is 32.2. The first-order valence-corrected chi connectivity index (χ1v) is 17.6. The molecule has 0 amide bonds. The molecule has 222 valence electrons. The number of hydrogen-bond donors (Lipinski definition) is 1. The van der Waals surface area contributed by atoms with E-state index in [0.717, 1.165) is 40.9 Å². The number of nitrogens with zero attached hydrogens (tertiary/aromatic N) is 2. The topological polar surface area (TPSA) is 107 Å². The van der Waals surface area contributed by atoms with E-state index < -0.39 is 25.4 Å². The second kappa shape index (κ2) is 10.4. The van der Waals surface area contributed by atoms with Gasteiger partial charge in [-0.2, -0.15) is 0 Å². The summed E-state index contributed by atoms with van der Waals surface area (Å²) in [6.07, 6.45) is 7.24. The lowest BCUT2D eigenvalue weighted by molar-refractivity contribution is 0.361. The van der Waals surface area contributed by atoms with Gasteiger partial charge in [-0.05, 0) is 94.7 Å². The number of anilines is 1. The quantitative estimate of drug-likeness (QED) is 0.285. The van der Waals surface area contributed by atoms with Crippen molar-refractivity contribution in [2.75, 3.05) is 5.32 Å². The van der Waals surface area contributed by atoms with Crippen molar-refractivity contribution in [2.24, 2.45) is 13.0 Å². The Hall–Kier alpha value is -3.37. The van der Waals surface area contributed by atoms with Gasteiger partial charge in [-0.25, -0.2) is 20.8 Å². The maximum atomic E-state index is 13.9. The van der Waals surface area contributed by atoms with Gasteiger partial charge >= 0.3 is 0 Å². The van der Waals surface area contributed by atoms with Crippen molar-refractivity contribution in [1.82, 2.24) is 8.54 Å². The van der Waals surface area contributed by atoms with Gasteiger partial charge in [0.1, 0.15) is 5.52 Å². The number of benzene rings is 2. The molecule has 42 heavy (non-hydrogen) atoms. The van der Waals surface area contributed by atoms with Gasteiger partial charge in [0.15, 0.2) is 9.84 Å². The standard InChI is InChI=1S/C32H37N3O5S2/c1-20-5-9-23(10-6-20)33-30-16-15-26(41(37,38)24-13-14-24)18-27(30)29-19-34(4)32(36)31-28(29)17-22(3)35(31)42(39,40)25-11-7-21(2)8-12-25/h7-8,11-12,15-20,23-24,33H,5-6,9-10,13-14H2,1-4H3/t20-,23-. The third-order valence-electron chi connectivity index (χ3n) is 8.78. The summed E-state index contributed by atoms with van der Waals surface area (Å²) in [5.41, 5.74) is 2.93. The van der Waals surface area contributed by atoms with Crippen LogP contribution in [0.1, 0.15) is 56.7 Å². The smallest absolute Gasteiger partial charge is 0.275 e. The zero-order valence-corrected chi connectivity index (χ0v) is 26.1. The molecule has 1 N–H and O–H groups in total. The normalized spacial score (nSPS) is 19.7. The number of aromatic nitrogens is 2. The molecule has 8 nitrogen and oxygen atoms in total. The zero-order valence-electron chi connectivity index (χ0n) is 24.4. The molecule has 10 heteroatoms. The minimum absolute atomic E-state index is 0.0426. The highest BCUT2D eigenvalue weighted by molar-refractivity contribution is 7.92. The third-order valence-corrected chi connectivity index (χ3v) is 12.9. The van der Waals surface area contributed by atoms with E-state index >= 15 is 0 Å². The number of hydrogen-bond acceptors (Lipinski definition) is 6. The van der Waals surface area contributed by atoms with Crippen molar-refractivity contribution in [3.8, 4) is 11.1 Å². The number of sulfone groups is 1. The summed E-state index contributed by atoms with van der Waals surface area (Å²) < 4.78 is 56.9. The highest BCUT2D eigenvalue weighted by Crippen LogP contribution is 2.40. The summed E-state index contributed by atoms with van der Waals surface area (Å²) >= 11 is 0. The second-order valence-electron chi connectivity index (χ2n) is 12.1. The summed E-state index contributed by atoms with van der Waals surface area (Å²) in [5, 5.41) is 3.76.